The molecule has 2 rings (SSSR count). The van der Waals surface area contributed by atoms with Gasteiger partial charge in [0.15, 0.2) is 0 Å². The Morgan fingerprint density at radius 1 is 1.36 bits per heavy atom. The first-order valence-electron chi connectivity index (χ1n) is 3.86. The normalized spacial score (nSPS) is 11.5. The van der Waals surface area contributed by atoms with E-state index in [1.54, 1.807) is 13.1 Å². The minimum atomic E-state index is -2.54. The lowest BCUT2D eigenvalue weighted by Crippen LogP contribution is -1.91. The second kappa shape index (κ2) is 3.27. The van der Waals surface area contributed by atoms with Gasteiger partial charge in [-0.1, -0.05) is 15.9 Å². The van der Waals surface area contributed by atoms with E-state index in [2.05, 4.69) is 26.1 Å². The van der Waals surface area contributed by atoms with Crippen LogP contribution in [0.5, 0.6) is 0 Å². The minimum absolute atomic E-state index is 0.0949. The van der Waals surface area contributed by atoms with E-state index in [9.17, 15) is 8.78 Å². The average molecular weight is 262 g/mol. The quantitative estimate of drug-likeness (QED) is 0.791. The number of rotatable bonds is 1. The van der Waals surface area contributed by atoms with Crippen molar-refractivity contribution in [3.8, 4) is 0 Å². The third-order valence-corrected chi connectivity index (χ3v) is 2.27. The van der Waals surface area contributed by atoms with E-state index in [0.29, 0.717) is 9.99 Å². The summed E-state index contributed by atoms with van der Waals surface area (Å²) in [6.45, 7) is 0. The second-order valence-corrected chi connectivity index (χ2v) is 3.77. The van der Waals surface area contributed by atoms with Gasteiger partial charge in [-0.3, -0.25) is 0 Å². The Labute approximate surface area is 86.8 Å². The number of halogens is 3. The molecule has 0 aliphatic heterocycles. The maximum atomic E-state index is 12.6. The van der Waals surface area contributed by atoms with Gasteiger partial charge in [0.25, 0.3) is 6.43 Å². The van der Waals surface area contributed by atoms with Gasteiger partial charge in [-0.05, 0) is 12.1 Å². The highest BCUT2D eigenvalue weighted by Gasteiger charge is 2.15. The molecule has 1 aromatic carbocycles. The Morgan fingerprint density at radius 2 is 2.07 bits per heavy atom. The van der Waals surface area contributed by atoms with Crippen LogP contribution in [0.2, 0.25) is 0 Å². The summed E-state index contributed by atoms with van der Waals surface area (Å²) in [6, 6.07) is 3.02. The van der Waals surface area contributed by atoms with Crippen LogP contribution in [0.15, 0.2) is 16.6 Å². The highest BCUT2D eigenvalue weighted by atomic mass is 79.9. The Bertz CT molecular complexity index is 481. The molecule has 6 heteroatoms. The molecule has 0 aliphatic carbocycles. The highest BCUT2D eigenvalue weighted by molar-refractivity contribution is 9.10. The first kappa shape index (κ1) is 9.51. The molecule has 0 bridgehead atoms. The Hall–Kier alpha value is -1.04. The van der Waals surface area contributed by atoms with Gasteiger partial charge in [0, 0.05) is 17.1 Å². The van der Waals surface area contributed by atoms with Crippen molar-refractivity contribution < 1.29 is 8.78 Å². The number of hydrogen-bond acceptors (Lipinski definition) is 2. The van der Waals surface area contributed by atoms with Crippen LogP contribution >= 0.6 is 15.9 Å². The molecule has 74 valence electrons. The van der Waals surface area contributed by atoms with Crippen molar-refractivity contribution in [3.63, 3.8) is 0 Å². The lowest BCUT2D eigenvalue weighted by molar-refractivity contribution is 0.153. The second-order valence-electron chi connectivity index (χ2n) is 2.85. The van der Waals surface area contributed by atoms with Crippen LogP contribution in [0, 0.1) is 0 Å². The molecule has 0 radical (unpaired) electrons. The SMILES string of the molecule is Cn1nc2cc(Br)cc(C(F)F)c2n1. The molecule has 0 unspecified atom stereocenters. The van der Waals surface area contributed by atoms with Crippen LogP contribution in [0.3, 0.4) is 0 Å². The van der Waals surface area contributed by atoms with E-state index in [1.165, 1.54) is 10.9 Å². The maximum Gasteiger partial charge on any atom is 0.266 e. The topological polar surface area (TPSA) is 30.7 Å². The first-order chi connectivity index (χ1) is 6.58. The summed E-state index contributed by atoms with van der Waals surface area (Å²) in [4.78, 5) is 1.28. The minimum Gasteiger partial charge on any atom is -0.205 e. The lowest BCUT2D eigenvalue weighted by Gasteiger charge is -1.99. The van der Waals surface area contributed by atoms with Crippen LogP contribution in [-0.2, 0) is 7.05 Å². The summed E-state index contributed by atoms with van der Waals surface area (Å²) >= 11 is 3.15. The van der Waals surface area contributed by atoms with Crippen LogP contribution in [0.4, 0.5) is 8.78 Å². The van der Waals surface area contributed by atoms with E-state index in [4.69, 9.17) is 0 Å². The van der Waals surface area contributed by atoms with E-state index < -0.39 is 6.43 Å². The number of benzene rings is 1. The number of aryl methyl sites for hydroxylation is 1. The molecule has 0 atom stereocenters. The molecule has 0 N–H and O–H groups in total. The molecule has 1 heterocycles. The zero-order chi connectivity index (χ0) is 10.3. The summed E-state index contributed by atoms with van der Waals surface area (Å²) in [6.07, 6.45) is -2.54. The largest absolute Gasteiger partial charge is 0.266 e. The standard InChI is InChI=1S/C8H6BrF2N3/c1-14-12-6-3-4(9)2-5(8(10)11)7(6)13-14/h2-3,8H,1H3. The Balaban J connectivity index is 2.79. The molecule has 0 spiro atoms. The number of nitrogens with zero attached hydrogens (tertiary/aromatic N) is 3. The van der Waals surface area contributed by atoms with Crippen LogP contribution in [0.1, 0.15) is 12.0 Å². The number of alkyl halides is 2. The van der Waals surface area contributed by atoms with Crippen LogP contribution in [0.25, 0.3) is 11.0 Å². The van der Waals surface area contributed by atoms with E-state index in [0.717, 1.165) is 0 Å². The fourth-order valence-electron chi connectivity index (χ4n) is 1.28. The average Bonchev–Trinajstić information content (AvgIpc) is 2.42. The van der Waals surface area contributed by atoms with E-state index >= 15 is 0 Å². The van der Waals surface area contributed by atoms with Crippen LogP contribution < -0.4 is 0 Å². The zero-order valence-electron chi connectivity index (χ0n) is 7.21. The third kappa shape index (κ3) is 1.50. The van der Waals surface area contributed by atoms with Crippen molar-refractivity contribution in [2.45, 2.75) is 6.43 Å². The molecular weight excluding hydrogens is 256 g/mol. The fraction of sp³-hybridized carbons (Fsp3) is 0.250. The van der Waals surface area contributed by atoms with Crippen molar-refractivity contribution in [2.75, 3.05) is 0 Å². The molecule has 0 aliphatic rings. The summed E-state index contributed by atoms with van der Waals surface area (Å²) in [5, 5.41) is 7.84. The lowest BCUT2D eigenvalue weighted by atomic mass is 10.2. The molecule has 0 saturated carbocycles. The highest BCUT2D eigenvalue weighted by Crippen LogP contribution is 2.28. The van der Waals surface area contributed by atoms with E-state index in [1.807, 2.05) is 0 Å². The van der Waals surface area contributed by atoms with E-state index in [-0.39, 0.29) is 11.1 Å². The van der Waals surface area contributed by atoms with Crippen molar-refractivity contribution in [3.05, 3.63) is 22.2 Å². The third-order valence-electron chi connectivity index (χ3n) is 1.82. The smallest absolute Gasteiger partial charge is 0.205 e. The molecule has 0 amide bonds. The van der Waals surface area contributed by atoms with Crippen molar-refractivity contribution in [1.82, 2.24) is 15.0 Å². The Kier molecular flexibility index (Phi) is 2.22. The van der Waals surface area contributed by atoms with Gasteiger partial charge in [-0.2, -0.15) is 15.0 Å². The van der Waals surface area contributed by atoms with Gasteiger partial charge in [0.05, 0.1) is 0 Å². The van der Waals surface area contributed by atoms with Gasteiger partial charge < -0.3 is 0 Å². The first-order valence-corrected chi connectivity index (χ1v) is 4.66. The predicted octanol–water partition coefficient (Wildman–Crippen LogP) is 2.67. The monoisotopic (exact) mass is 261 g/mol. The van der Waals surface area contributed by atoms with Gasteiger partial charge >= 0.3 is 0 Å². The number of aromatic nitrogens is 3. The maximum absolute atomic E-state index is 12.6. The molecule has 2 aromatic rings. The van der Waals surface area contributed by atoms with Gasteiger partial charge in [-0.25, -0.2) is 8.78 Å². The molecular formula is C8H6BrF2N3. The molecule has 1 aromatic heterocycles. The fourth-order valence-corrected chi connectivity index (χ4v) is 1.74. The van der Waals surface area contributed by atoms with Gasteiger partial charge in [-0.15, -0.1) is 0 Å². The van der Waals surface area contributed by atoms with Gasteiger partial charge in [0.1, 0.15) is 11.0 Å². The Morgan fingerprint density at radius 3 is 2.71 bits per heavy atom. The van der Waals surface area contributed by atoms with Crippen molar-refractivity contribution >= 4 is 27.0 Å². The summed E-state index contributed by atoms with van der Waals surface area (Å²) in [5.41, 5.74) is 0.630. The number of hydrogen-bond donors (Lipinski definition) is 0. The number of fused-ring (bicyclic) bond motifs is 1. The van der Waals surface area contributed by atoms with Crippen molar-refractivity contribution in [2.24, 2.45) is 7.05 Å². The molecule has 0 saturated heterocycles. The summed E-state index contributed by atoms with van der Waals surface area (Å²) in [5.74, 6) is 0. The zero-order valence-corrected chi connectivity index (χ0v) is 8.79. The summed E-state index contributed by atoms with van der Waals surface area (Å²) < 4.78 is 25.8. The van der Waals surface area contributed by atoms with Gasteiger partial charge in [0.2, 0.25) is 0 Å². The molecule has 14 heavy (non-hydrogen) atoms. The predicted molar refractivity (Wildman–Crippen MR) is 51.2 cm³/mol. The van der Waals surface area contributed by atoms with Crippen LogP contribution in [-0.4, -0.2) is 15.0 Å². The van der Waals surface area contributed by atoms with Crippen molar-refractivity contribution in [1.29, 1.82) is 0 Å². The summed E-state index contributed by atoms with van der Waals surface area (Å²) in [7, 11) is 1.60. The molecule has 0 fully saturated rings. The molecule has 3 nitrogen and oxygen atoms in total.